The Bertz CT molecular complexity index is 1120. The maximum Gasteiger partial charge on any atom is 0.224 e. The molecule has 3 N–H and O–H groups in total. The number of aromatic hydroxyl groups is 1. The molecule has 0 spiro atoms. The molecule has 0 fully saturated rings. The predicted octanol–water partition coefficient (Wildman–Crippen LogP) is 4.35. The SMILES string of the molecule is O=C(Cc1c[nH]c2ccc(OCc3ccccc3)cc12)NCCc1ccc(O)cc1. The Hall–Kier alpha value is -3.73. The molecule has 5 heteroatoms. The fraction of sp³-hybridized carbons (Fsp3) is 0.160. The van der Waals surface area contributed by atoms with Crippen molar-refractivity contribution in [3.63, 3.8) is 0 Å². The number of phenolic OH excluding ortho intramolecular Hbond substituents is 1. The quantitative estimate of drug-likeness (QED) is 0.412. The van der Waals surface area contributed by atoms with E-state index in [0.717, 1.165) is 39.8 Å². The molecule has 0 unspecified atom stereocenters. The van der Waals surface area contributed by atoms with Crippen LogP contribution in [0.4, 0.5) is 0 Å². The fourth-order valence-electron chi connectivity index (χ4n) is 3.38. The van der Waals surface area contributed by atoms with Crippen molar-refractivity contribution >= 4 is 16.8 Å². The van der Waals surface area contributed by atoms with Crippen molar-refractivity contribution in [3.05, 3.63) is 95.7 Å². The number of carbonyl (C=O) groups is 1. The average molecular weight is 400 g/mol. The van der Waals surface area contributed by atoms with Gasteiger partial charge in [0.25, 0.3) is 0 Å². The monoisotopic (exact) mass is 400 g/mol. The summed E-state index contributed by atoms with van der Waals surface area (Å²) in [4.78, 5) is 15.6. The Morgan fingerprint density at radius 2 is 1.77 bits per heavy atom. The summed E-state index contributed by atoms with van der Waals surface area (Å²) in [5.41, 5.74) is 4.10. The lowest BCUT2D eigenvalue weighted by Crippen LogP contribution is -2.27. The summed E-state index contributed by atoms with van der Waals surface area (Å²) < 4.78 is 5.92. The van der Waals surface area contributed by atoms with E-state index in [0.29, 0.717) is 19.6 Å². The fourth-order valence-corrected chi connectivity index (χ4v) is 3.38. The van der Waals surface area contributed by atoms with Gasteiger partial charge in [0, 0.05) is 23.6 Å². The highest BCUT2D eigenvalue weighted by Crippen LogP contribution is 2.25. The average Bonchev–Trinajstić information content (AvgIpc) is 3.16. The van der Waals surface area contributed by atoms with Gasteiger partial charge < -0.3 is 20.1 Å². The molecule has 1 heterocycles. The summed E-state index contributed by atoms with van der Waals surface area (Å²) in [6.45, 7) is 1.06. The van der Waals surface area contributed by atoms with Gasteiger partial charge in [-0.3, -0.25) is 4.79 Å². The summed E-state index contributed by atoms with van der Waals surface area (Å²) in [5.74, 6) is 1.000. The summed E-state index contributed by atoms with van der Waals surface area (Å²) in [6.07, 6.45) is 2.90. The van der Waals surface area contributed by atoms with E-state index in [1.165, 1.54) is 0 Å². The molecular weight excluding hydrogens is 376 g/mol. The number of aromatic nitrogens is 1. The molecule has 0 aliphatic carbocycles. The van der Waals surface area contributed by atoms with Gasteiger partial charge in [-0.05, 0) is 53.4 Å². The normalized spacial score (nSPS) is 10.8. The Morgan fingerprint density at radius 3 is 2.57 bits per heavy atom. The van der Waals surface area contributed by atoms with Crippen molar-refractivity contribution in [1.82, 2.24) is 10.3 Å². The second-order valence-corrected chi connectivity index (χ2v) is 7.24. The zero-order valence-corrected chi connectivity index (χ0v) is 16.6. The van der Waals surface area contributed by atoms with E-state index in [1.807, 2.05) is 66.9 Å². The van der Waals surface area contributed by atoms with Crippen LogP contribution in [-0.2, 0) is 24.2 Å². The smallest absolute Gasteiger partial charge is 0.224 e. The minimum atomic E-state index is -0.0229. The molecule has 4 aromatic rings. The van der Waals surface area contributed by atoms with Crippen molar-refractivity contribution < 1.29 is 14.6 Å². The van der Waals surface area contributed by atoms with Gasteiger partial charge in [-0.25, -0.2) is 0 Å². The lowest BCUT2D eigenvalue weighted by Gasteiger charge is -2.08. The van der Waals surface area contributed by atoms with Crippen LogP contribution in [0, 0.1) is 0 Å². The highest BCUT2D eigenvalue weighted by Gasteiger charge is 2.10. The third-order valence-corrected chi connectivity index (χ3v) is 5.01. The highest BCUT2D eigenvalue weighted by atomic mass is 16.5. The molecule has 3 aromatic carbocycles. The van der Waals surface area contributed by atoms with Crippen molar-refractivity contribution in [1.29, 1.82) is 0 Å². The van der Waals surface area contributed by atoms with E-state index in [9.17, 15) is 9.90 Å². The maximum atomic E-state index is 12.4. The number of nitrogens with one attached hydrogen (secondary N) is 2. The summed E-state index contributed by atoms with van der Waals surface area (Å²) >= 11 is 0. The van der Waals surface area contributed by atoms with Gasteiger partial charge >= 0.3 is 0 Å². The molecule has 0 bridgehead atoms. The third-order valence-electron chi connectivity index (χ3n) is 5.01. The molecule has 5 nitrogen and oxygen atoms in total. The highest BCUT2D eigenvalue weighted by molar-refractivity contribution is 5.89. The van der Waals surface area contributed by atoms with E-state index in [4.69, 9.17) is 4.74 Å². The van der Waals surface area contributed by atoms with Crippen LogP contribution in [0.3, 0.4) is 0 Å². The van der Waals surface area contributed by atoms with Crippen molar-refractivity contribution in [2.45, 2.75) is 19.4 Å². The van der Waals surface area contributed by atoms with Crippen LogP contribution in [0.2, 0.25) is 0 Å². The number of carbonyl (C=O) groups excluding carboxylic acids is 1. The Balaban J connectivity index is 1.35. The molecule has 30 heavy (non-hydrogen) atoms. The lowest BCUT2D eigenvalue weighted by atomic mass is 10.1. The number of hydrogen-bond donors (Lipinski definition) is 3. The van der Waals surface area contributed by atoms with E-state index >= 15 is 0 Å². The van der Waals surface area contributed by atoms with Gasteiger partial charge in [-0.2, -0.15) is 0 Å². The minimum Gasteiger partial charge on any atom is -0.508 e. The first-order valence-corrected chi connectivity index (χ1v) is 9.99. The Morgan fingerprint density at radius 1 is 0.967 bits per heavy atom. The second-order valence-electron chi connectivity index (χ2n) is 7.24. The zero-order valence-electron chi connectivity index (χ0n) is 16.6. The molecular formula is C25H24N2O3. The van der Waals surface area contributed by atoms with E-state index in [-0.39, 0.29) is 11.7 Å². The molecule has 1 amide bonds. The van der Waals surface area contributed by atoms with Gasteiger partial charge in [0.15, 0.2) is 0 Å². The van der Waals surface area contributed by atoms with Gasteiger partial charge in [0.1, 0.15) is 18.1 Å². The summed E-state index contributed by atoms with van der Waals surface area (Å²) in [5, 5.41) is 13.3. The number of hydrogen-bond acceptors (Lipinski definition) is 3. The van der Waals surface area contributed by atoms with E-state index in [2.05, 4.69) is 10.3 Å². The maximum absolute atomic E-state index is 12.4. The Labute approximate surface area is 175 Å². The molecule has 4 rings (SSSR count). The van der Waals surface area contributed by atoms with Gasteiger partial charge in [-0.1, -0.05) is 42.5 Å². The minimum absolute atomic E-state index is 0.0229. The number of fused-ring (bicyclic) bond motifs is 1. The molecule has 0 aliphatic rings. The number of benzene rings is 3. The molecule has 152 valence electrons. The van der Waals surface area contributed by atoms with Crippen LogP contribution in [0.5, 0.6) is 11.5 Å². The van der Waals surface area contributed by atoms with Crippen molar-refractivity contribution in [2.24, 2.45) is 0 Å². The van der Waals surface area contributed by atoms with Crippen LogP contribution in [-0.4, -0.2) is 22.5 Å². The summed E-state index contributed by atoms with van der Waals surface area (Å²) in [6, 6.07) is 22.9. The molecule has 0 radical (unpaired) electrons. The number of ether oxygens (including phenoxy) is 1. The standard InChI is InChI=1S/C25H24N2O3/c28-21-8-6-18(7-9-21)12-13-26-25(29)14-20-16-27-24-11-10-22(15-23(20)24)30-17-19-4-2-1-3-5-19/h1-11,15-16,27-28H,12-14,17H2,(H,26,29). The van der Waals surface area contributed by atoms with E-state index in [1.54, 1.807) is 12.1 Å². The predicted molar refractivity (Wildman–Crippen MR) is 118 cm³/mol. The van der Waals surface area contributed by atoms with Gasteiger partial charge in [-0.15, -0.1) is 0 Å². The molecule has 1 aromatic heterocycles. The van der Waals surface area contributed by atoms with Crippen molar-refractivity contribution in [2.75, 3.05) is 6.54 Å². The van der Waals surface area contributed by atoms with Crippen molar-refractivity contribution in [3.8, 4) is 11.5 Å². The number of phenols is 1. The van der Waals surface area contributed by atoms with Crippen LogP contribution >= 0.6 is 0 Å². The van der Waals surface area contributed by atoms with Crippen LogP contribution < -0.4 is 10.1 Å². The van der Waals surface area contributed by atoms with Gasteiger partial charge in [0.05, 0.1) is 6.42 Å². The molecule has 0 saturated heterocycles. The molecule has 0 atom stereocenters. The number of amides is 1. The zero-order chi connectivity index (χ0) is 20.8. The van der Waals surface area contributed by atoms with E-state index < -0.39 is 0 Å². The topological polar surface area (TPSA) is 74.4 Å². The number of rotatable bonds is 8. The van der Waals surface area contributed by atoms with Crippen LogP contribution in [0.15, 0.2) is 79.0 Å². The largest absolute Gasteiger partial charge is 0.508 e. The number of aromatic amines is 1. The first kappa shape index (κ1) is 19.6. The first-order chi connectivity index (χ1) is 14.7. The summed E-state index contributed by atoms with van der Waals surface area (Å²) in [7, 11) is 0. The lowest BCUT2D eigenvalue weighted by molar-refractivity contribution is -0.120. The number of H-pyrrole nitrogens is 1. The van der Waals surface area contributed by atoms with Gasteiger partial charge in [0.2, 0.25) is 5.91 Å². The van der Waals surface area contributed by atoms with Crippen LogP contribution in [0.1, 0.15) is 16.7 Å². The van der Waals surface area contributed by atoms with Crippen LogP contribution in [0.25, 0.3) is 10.9 Å². The third kappa shape index (κ3) is 5.00. The molecule has 0 saturated carbocycles. The second kappa shape index (κ2) is 9.18. The molecule has 0 aliphatic heterocycles. The first-order valence-electron chi connectivity index (χ1n) is 9.99. The Kier molecular flexibility index (Phi) is 5.99.